The first-order valence-corrected chi connectivity index (χ1v) is 8.33. The van der Waals surface area contributed by atoms with Gasteiger partial charge in [-0.15, -0.1) is 0 Å². The molecule has 0 radical (unpaired) electrons. The van der Waals surface area contributed by atoms with Gasteiger partial charge in [-0.1, -0.05) is 19.1 Å². The molecule has 0 saturated heterocycles. The van der Waals surface area contributed by atoms with Crippen molar-refractivity contribution in [3.05, 3.63) is 29.8 Å². The minimum Gasteiger partial charge on any atom is -0.399 e. The van der Waals surface area contributed by atoms with E-state index in [4.69, 9.17) is 14.6 Å². The maximum atomic E-state index is 5.66. The minimum atomic E-state index is -1.91. The third kappa shape index (κ3) is 4.15. The number of benzene rings is 1. The molecule has 96 valence electrons. The van der Waals surface area contributed by atoms with Gasteiger partial charge in [-0.3, -0.25) is 0 Å². The minimum absolute atomic E-state index is 0.819. The van der Waals surface area contributed by atoms with Gasteiger partial charge in [-0.25, -0.2) is 0 Å². The number of nitrogens with two attached hydrogens (primary N) is 1. The van der Waals surface area contributed by atoms with E-state index >= 15 is 0 Å². The second kappa shape index (κ2) is 6.79. The van der Waals surface area contributed by atoms with Crippen molar-refractivity contribution in [1.82, 2.24) is 0 Å². The zero-order chi connectivity index (χ0) is 12.7. The van der Waals surface area contributed by atoms with Crippen LogP contribution < -0.4 is 5.73 Å². The van der Waals surface area contributed by atoms with E-state index in [0.29, 0.717) is 0 Å². The molecular formula is C13H23NO2Si. The Morgan fingerprint density at radius 3 is 2.18 bits per heavy atom. The Morgan fingerprint density at radius 1 is 1.12 bits per heavy atom. The number of hydrogen-bond donors (Lipinski definition) is 1. The fourth-order valence-corrected chi connectivity index (χ4v) is 4.22. The van der Waals surface area contributed by atoms with Crippen LogP contribution in [0.1, 0.15) is 18.9 Å². The second-order valence-electron chi connectivity index (χ2n) is 4.27. The Kier molecular flexibility index (Phi) is 5.68. The van der Waals surface area contributed by atoms with Gasteiger partial charge >= 0.3 is 8.56 Å². The summed E-state index contributed by atoms with van der Waals surface area (Å²) >= 11 is 0. The topological polar surface area (TPSA) is 44.5 Å². The monoisotopic (exact) mass is 253 g/mol. The molecular weight excluding hydrogens is 230 g/mol. The second-order valence-corrected chi connectivity index (χ2v) is 8.11. The first kappa shape index (κ1) is 14.2. The molecule has 0 saturated carbocycles. The summed E-state index contributed by atoms with van der Waals surface area (Å²) in [6.07, 6.45) is 2.16. The molecule has 2 N–H and O–H groups in total. The van der Waals surface area contributed by atoms with Crippen LogP contribution in [-0.2, 0) is 15.3 Å². The fraction of sp³-hybridized carbons (Fsp3) is 0.538. The smallest absolute Gasteiger partial charge is 0.337 e. The molecule has 3 nitrogen and oxygen atoms in total. The van der Waals surface area contributed by atoms with Gasteiger partial charge < -0.3 is 14.6 Å². The number of anilines is 1. The lowest BCUT2D eigenvalue weighted by atomic mass is 10.1. The van der Waals surface area contributed by atoms with Crippen LogP contribution in [0.4, 0.5) is 5.69 Å². The molecule has 0 aliphatic heterocycles. The predicted octanol–water partition coefficient (Wildman–Crippen LogP) is 2.96. The summed E-state index contributed by atoms with van der Waals surface area (Å²) in [5.74, 6) is 0. The average molecular weight is 253 g/mol. The molecule has 17 heavy (non-hydrogen) atoms. The molecule has 0 bridgehead atoms. The van der Waals surface area contributed by atoms with E-state index in [1.54, 1.807) is 14.2 Å². The Morgan fingerprint density at radius 2 is 1.71 bits per heavy atom. The molecule has 4 heteroatoms. The van der Waals surface area contributed by atoms with Crippen LogP contribution in [0, 0.1) is 0 Å². The van der Waals surface area contributed by atoms with Crippen molar-refractivity contribution in [2.24, 2.45) is 0 Å². The lowest BCUT2D eigenvalue weighted by Crippen LogP contribution is -2.39. The molecule has 0 heterocycles. The van der Waals surface area contributed by atoms with E-state index in [-0.39, 0.29) is 0 Å². The maximum Gasteiger partial charge on any atom is 0.337 e. The van der Waals surface area contributed by atoms with Crippen LogP contribution in [0.5, 0.6) is 0 Å². The highest BCUT2D eigenvalue weighted by molar-refractivity contribution is 6.67. The van der Waals surface area contributed by atoms with Gasteiger partial charge in [0.15, 0.2) is 0 Å². The van der Waals surface area contributed by atoms with Crippen LogP contribution in [0.15, 0.2) is 24.3 Å². The highest BCUT2D eigenvalue weighted by Gasteiger charge is 2.32. The van der Waals surface area contributed by atoms with Crippen LogP contribution in [-0.4, -0.2) is 22.8 Å². The molecule has 0 fully saturated rings. The number of aryl methyl sites for hydroxylation is 1. The standard InChI is InChI=1S/C13H23NO2Si/c1-4-17(15-2,16-3)11-5-6-12-7-9-13(14)10-8-12/h7-10H,4-6,11,14H2,1-3H3. The van der Waals surface area contributed by atoms with Crippen molar-refractivity contribution in [2.45, 2.75) is 31.9 Å². The third-order valence-electron chi connectivity index (χ3n) is 3.29. The molecule has 0 unspecified atom stereocenters. The molecule has 0 amide bonds. The summed E-state index contributed by atoms with van der Waals surface area (Å²) in [5.41, 5.74) is 7.80. The third-order valence-corrected chi connectivity index (χ3v) is 6.97. The lowest BCUT2D eigenvalue weighted by molar-refractivity contribution is 0.242. The quantitative estimate of drug-likeness (QED) is 0.600. The van der Waals surface area contributed by atoms with Crippen molar-refractivity contribution in [2.75, 3.05) is 20.0 Å². The Hall–Kier alpha value is -0.843. The van der Waals surface area contributed by atoms with Crippen molar-refractivity contribution in [3.63, 3.8) is 0 Å². The molecule has 0 atom stereocenters. The number of nitrogen functional groups attached to an aromatic ring is 1. The summed E-state index contributed by atoms with van der Waals surface area (Å²) < 4.78 is 11.2. The fourth-order valence-electron chi connectivity index (χ4n) is 2.00. The zero-order valence-electron chi connectivity index (χ0n) is 11.0. The molecule has 0 spiro atoms. The molecule has 1 rings (SSSR count). The van der Waals surface area contributed by atoms with Gasteiger partial charge in [-0.05, 0) is 42.6 Å². The van der Waals surface area contributed by atoms with Crippen LogP contribution in [0.25, 0.3) is 0 Å². The van der Waals surface area contributed by atoms with Crippen LogP contribution >= 0.6 is 0 Å². The highest BCUT2D eigenvalue weighted by Crippen LogP contribution is 2.20. The van der Waals surface area contributed by atoms with Crippen molar-refractivity contribution in [3.8, 4) is 0 Å². The van der Waals surface area contributed by atoms with E-state index in [1.165, 1.54) is 5.56 Å². The summed E-state index contributed by atoms with van der Waals surface area (Å²) in [4.78, 5) is 0. The summed E-state index contributed by atoms with van der Waals surface area (Å²) in [5, 5.41) is 0. The summed E-state index contributed by atoms with van der Waals surface area (Å²) in [6, 6.07) is 10.1. The van der Waals surface area contributed by atoms with Crippen LogP contribution in [0.2, 0.25) is 12.1 Å². The van der Waals surface area contributed by atoms with E-state index in [9.17, 15) is 0 Å². The van der Waals surface area contributed by atoms with Crippen molar-refractivity contribution < 1.29 is 8.85 Å². The Balaban J connectivity index is 2.43. The molecule has 0 aliphatic carbocycles. The SMILES string of the molecule is CC[Si](CCCc1ccc(N)cc1)(OC)OC. The normalized spacial score (nSPS) is 11.7. The first-order valence-electron chi connectivity index (χ1n) is 6.10. The van der Waals surface area contributed by atoms with E-state index in [2.05, 4.69) is 19.1 Å². The Labute approximate surface area is 105 Å². The van der Waals surface area contributed by atoms with E-state index in [0.717, 1.165) is 30.6 Å². The highest BCUT2D eigenvalue weighted by atomic mass is 28.4. The number of hydrogen-bond acceptors (Lipinski definition) is 3. The van der Waals surface area contributed by atoms with Gasteiger partial charge in [0.2, 0.25) is 0 Å². The molecule has 1 aromatic rings. The predicted molar refractivity (Wildman–Crippen MR) is 74.2 cm³/mol. The van der Waals surface area contributed by atoms with Gasteiger partial charge in [0.1, 0.15) is 0 Å². The lowest BCUT2D eigenvalue weighted by Gasteiger charge is -2.25. The average Bonchev–Trinajstić information content (AvgIpc) is 2.38. The largest absolute Gasteiger partial charge is 0.399 e. The first-order chi connectivity index (χ1) is 8.15. The number of rotatable bonds is 7. The van der Waals surface area contributed by atoms with E-state index < -0.39 is 8.56 Å². The van der Waals surface area contributed by atoms with Gasteiger partial charge in [0, 0.05) is 19.9 Å². The summed E-state index contributed by atoms with van der Waals surface area (Å²) in [6.45, 7) is 2.14. The summed E-state index contributed by atoms with van der Waals surface area (Å²) in [7, 11) is 1.63. The molecule has 0 aliphatic rings. The van der Waals surface area contributed by atoms with Gasteiger partial charge in [0.05, 0.1) is 0 Å². The van der Waals surface area contributed by atoms with Gasteiger partial charge in [-0.2, -0.15) is 0 Å². The van der Waals surface area contributed by atoms with Crippen LogP contribution in [0.3, 0.4) is 0 Å². The van der Waals surface area contributed by atoms with Crippen molar-refractivity contribution in [1.29, 1.82) is 0 Å². The molecule has 0 aromatic heterocycles. The zero-order valence-corrected chi connectivity index (χ0v) is 12.0. The Bertz CT molecular complexity index is 314. The maximum absolute atomic E-state index is 5.66. The van der Waals surface area contributed by atoms with E-state index in [1.807, 2.05) is 12.1 Å². The van der Waals surface area contributed by atoms with Gasteiger partial charge in [0.25, 0.3) is 0 Å². The van der Waals surface area contributed by atoms with Crippen molar-refractivity contribution >= 4 is 14.2 Å². The molecule has 1 aromatic carbocycles.